The van der Waals surface area contributed by atoms with Gasteiger partial charge in [0.15, 0.2) is 0 Å². The molecule has 0 atom stereocenters. The first-order chi connectivity index (χ1) is 4.09. The summed E-state index contributed by atoms with van der Waals surface area (Å²) >= 11 is 7.83. The minimum absolute atomic E-state index is 0.675. The monoisotopic (exact) mass is 254 g/mol. The molecule has 0 aliphatic heterocycles. The van der Waals surface area contributed by atoms with Crippen molar-refractivity contribution in [2.24, 2.45) is 0 Å². The molecular formula is C7H8ClI. The molecule has 2 heteroatoms. The lowest BCUT2D eigenvalue weighted by atomic mass is 10.3. The molecule has 0 unspecified atom stereocenters. The molecule has 0 bridgehead atoms. The second-order valence-corrected chi connectivity index (χ2v) is 3.29. The lowest BCUT2D eigenvalue weighted by molar-refractivity contribution is 1.50. The topological polar surface area (TPSA) is 0 Å². The molecule has 0 nitrogen and oxygen atoms in total. The van der Waals surface area contributed by atoms with Crippen molar-refractivity contribution in [1.82, 2.24) is 0 Å². The molecule has 0 aromatic carbocycles. The molecule has 0 rings (SSSR count). The maximum atomic E-state index is 5.71. The Hall–Kier alpha value is 0.240. The van der Waals surface area contributed by atoms with E-state index < -0.39 is 0 Å². The summed E-state index contributed by atoms with van der Waals surface area (Å²) in [6, 6.07) is 0. The first-order valence-corrected chi connectivity index (χ1v) is 3.89. The minimum atomic E-state index is 0.675. The highest BCUT2D eigenvalue weighted by atomic mass is 127. The highest BCUT2D eigenvalue weighted by Crippen LogP contribution is 2.21. The van der Waals surface area contributed by atoms with Crippen LogP contribution in [0.25, 0.3) is 0 Å². The summed E-state index contributed by atoms with van der Waals surface area (Å²) in [5.74, 6) is 0. The molecule has 0 aliphatic rings. The van der Waals surface area contributed by atoms with E-state index in [0.29, 0.717) is 5.03 Å². The summed E-state index contributed by atoms with van der Waals surface area (Å²) in [7, 11) is 0. The molecule has 0 saturated carbocycles. The van der Waals surface area contributed by atoms with Crippen LogP contribution in [-0.2, 0) is 0 Å². The summed E-state index contributed by atoms with van der Waals surface area (Å²) in [6.07, 6.45) is 1.61. The molecule has 0 amide bonds. The van der Waals surface area contributed by atoms with Crippen LogP contribution in [0.15, 0.2) is 33.4 Å². The number of rotatable bonds is 2. The fourth-order valence-corrected chi connectivity index (χ4v) is 0.847. The van der Waals surface area contributed by atoms with Gasteiger partial charge in [0.05, 0.1) is 0 Å². The summed E-state index contributed by atoms with van der Waals surface area (Å²) in [6.45, 7) is 9.17. The molecule has 0 aromatic rings. The van der Waals surface area contributed by atoms with Gasteiger partial charge in [-0.2, -0.15) is 0 Å². The van der Waals surface area contributed by atoms with Crippen LogP contribution >= 0.6 is 34.2 Å². The predicted octanol–water partition coefficient (Wildman–Crippen LogP) is 3.63. The second-order valence-electron chi connectivity index (χ2n) is 1.58. The molecular weight excluding hydrogens is 246 g/mol. The van der Waals surface area contributed by atoms with Crippen LogP contribution in [0.5, 0.6) is 0 Å². The Bertz CT molecular complexity index is 168. The Morgan fingerprint density at radius 2 is 2.11 bits per heavy atom. The van der Waals surface area contributed by atoms with Crippen molar-refractivity contribution in [2.45, 2.75) is 6.92 Å². The van der Waals surface area contributed by atoms with Crippen molar-refractivity contribution >= 4 is 34.2 Å². The normalized spacial score (nSPS) is 12.3. The Morgan fingerprint density at radius 1 is 1.67 bits per heavy atom. The Kier molecular flexibility index (Phi) is 4.23. The smallest absolute Gasteiger partial charge is 0.0439 e. The average Bonchev–Trinajstić information content (AvgIpc) is 1.84. The van der Waals surface area contributed by atoms with Crippen molar-refractivity contribution in [3.8, 4) is 0 Å². The van der Waals surface area contributed by atoms with E-state index in [1.807, 2.05) is 6.92 Å². The van der Waals surface area contributed by atoms with E-state index in [0.717, 1.165) is 9.15 Å². The number of hydrogen-bond acceptors (Lipinski definition) is 0. The maximum absolute atomic E-state index is 5.71. The van der Waals surface area contributed by atoms with E-state index in [-0.39, 0.29) is 0 Å². The van der Waals surface area contributed by atoms with Crippen LogP contribution in [-0.4, -0.2) is 0 Å². The van der Waals surface area contributed by atoms with E-state index in [9.17, 15) is 0 Å². The summed E-state index contributed by atoms with van der Waals surface area (Å²) < 4.78 is 0.956. The SMILES string of the molecule is C=C/C(Cl)=C(/C)C(=C)I. The van der Waals surface area contributed by atoms with Crippen LogP contribution in [0, 0.1) is 0 Å². The molecule has 0 N–H and O–H groups in total. The standard InChI is InChI=1S/C7H8ClI/c1-4-7(8)5(2)6(3)9/h4H,1,3H2,2H3/b7-5+. The lowest BCUT2D eigenvalue weighted by Crippen LogP contribution is -1.74. The van der Waals surface area contributed by atoms with E-state index in [1.165, 1.54) is 0 Å². The lowest BCUT2D eigenvalue weighted by Gasteiger charge is -1.96. The zero-order valence-corrected chi connectivity index (χ0v) is 8.16. The van der Waals surface area contributed by atoms with Gasteiger partial charge in [-0.15, -0.1) is 0 Å². The second kappa shape index (κ2) is 4.12. The highest BCUT2D eigenvalue weighted by Gasteiger charge is 1.94. The van der Waals surface area contributed by atoms with Crippen molar-refractivity contribution in [2.75, 3.05) is 0 Å². The van der Waals surface area contributed by atoms with Gasteiger partial charge >= 0.3 is 0 Å². The fraction of sp³-hybridized carbons (Fsp3) is 0.143. The van der Waals surface area contributed by atoms with Gasteiger partial charge in [-0.3, -0.25) is 0 Å². The summed E-state index contributed by atoms with van der Waals surface area (Å²) in [5, 5.41) is 0.675. The first kappa shape index (κ1) is 9.24. The zero-order valence-electron chi connectivity index (χ0n) is 5.25. The number of halogens is 2. The van der Waals surface area contributed by atoms with E-state index in [4.69, 9.17) is 11.6 Å². The minimum Gasteiger partial charge on any atom is -0.0976 e. The van der Waals surface area contributed by atoms with E-state index in [2.05, 4.69) is 35.7 Å². The molecule has 0 radical (unpaired) electrons. The molecule has 0 fully saturated rings. The molecule has 0 heterocycles. The molecule has 0 aliphatic carbocycles. The van der Waals surface area contributed by atoms with Gasteiger partial charge < -0.3 is 0 Å². The largest absolute Gasteiger partial charge is 0.0976 e. The Balaban J connectivity index is 4.47. The summed E-state index contributed by atoms with van der Waals surface area (Å²) in [5.41, 5.74) is 0.993. The fourth-order valence-electron chi connectivity index (χ4n) is 0.283. The van der Waals surface area contributed by atoms with Gasteiger partial charge in [0.1, 0.15) is 0 Å². The van der Waals surface area contributed by atoms with Crippen LogP contribution in [0.4, 0.5) is 0 Å². The third kappa shape index (κ3) is 3.06. The molecule has 0 saturated heterocycles. The number of hydrogen-bond donors (Lipinski definition) is 0. The van der Waals surface area contributed by atoms with Gasteiger partial charge in [-0.1, -0.05) is 30.8 Å². The molecule has 0 spiro atoms. The molecule has 9 heavy (non-hydrogen) atoms. The van der Waals surface area contributed by atoms with E-state index in [1.54, 1.807) is 6.08 Å². The van der Waals surface area contributed by atoms with Gasteiger partial charge in [0.25, 0.3) is 0 Å². The summed E-state index contributed by atoms with van der Waals surface area (Å²) in [4.78, 5) is 0. The third-order valence-electron chi connectivity index (χ3n) is 0.944. The maximum Gasteiger partial charge on any atom is 0.0439 e. The van der Waals surface area contributed by atoms with Crippen molar-refractivity contribution < 1.29 is 0 Å². The van der Waals surface area contributed by atoms with Gasteiger partial charge in [-0.05, 0) is 35.1 Å². The Labute approximate surface area is 74.4 Å². The van der Waals surface area contributed by atoms with Crippen molar-refractivity contribution in [1.29, 1.82) is 0 Å². The van der Waals surface area contributed by atoms with E-state index >= 15 is 0 Å². The van der Waals surface area contributed by atoms with Crippen LogP contribution in [0.2, 0.25) is 0 Å². The van der Waals surface area contributed by atoms with Crippen molar-refractivity contribution in [3.05, 3.63) is 33.4 Å². The third-order valence-corrected chi connectivity index (χ3v) is 2.19. The highest BCUT2D eigenvalue weighted by molar-refractivity contribution is 14.1. The predicted molar refractivity (Wildman–Crippen MR) is 51.9 cm³/mol. The van der Waals surface area contributed by atoms with Crippen molar-refractivity contribution in [3.63, 3.8) is 0 Å². The number of allylic oxidation sites excluding steroid dienone is 4. The molecule has 0 aromatic heterocycles. The van der Waals surface area contributed by atoms with Crippen LogP contribution < -0.4 is 0 Å². The van der Waals surface area contributed by atoms with Gasteiger partial charge in [-0.25, -0.2) is 0 Å². The Morgan fingerprint density at radius 3 is 2.22 bits per heavy atom. The molecule has 50 valence electrons. The van der Waals surface area contributed by atoms with Gasteiger partial charge in [0, 0.05) is 8.61 Å². The van der Waals surface area contributed by atoms with Crippen LogP contribution in [0.3, 0.4) is 0 Å². The average molecular weight is 254 g/mol. The zero-order chi connectivity index (χ0) is 7.44. The van der Waals surface area contributed by atoms with Crippen LogP contribution in [0.1, 0.15) is 6.92 Å². The van der Waals surface area contributed by atoms with Gasteiger partial charge in [0.2, 0.25) is 0 Å². The first-order valence-electron chi connectivity index (χ1n) is 2.43. The quantitative estimate of drug-likeness (QED) is 0.521.